The molecule has 0 spiro atoms. The van der Waals surface area contributed by atoms with Crippen LogP contribution in [0.2, 0.25) is 0 Å². The smallest absolute Gasteiger partial charge is 0.351 e. The topological polar surface area (TPSA) is 358 Å². The van der Waals surface area contributed by atoms with Gasteiger partial charge in [0, 0.05) is 37.8 Å². The van der Waals surface area contributed by atoms with Gasteiger partial charge in [-0.05, 0) is 62.3 Å². The van der Waals surface area contributed by atoms with Gasteiger partial charge in [-0.15, -0.1) is 0 Å². The Morgan fingerprint density at radius 2 is 1.53 bits per heavy atom. The highest BCUT2D eigenvalue weighted by atomic mass is 16.4. The minimum absolute atomic E-state index is 0.0413. The Labute approximate surface area is 383 Å². The highest BCUT2D eigenvalue weighted by Crippen LogP contribution is 2.21. The molecule has 362 valence electrons. The van der Waals surface area contributed by atoms with Crippen LogP contribution in [0.15, 0.2) is 54.1 Å². The molecule has 1 aliphatic rings. The number of phenolic OH excluding ortho intramolecular Hbond substituents is 1. The number of aromatic nitrogens is 2. The van der Waals surface area contributed by atoms with E-state index in [1.165, 1.54) is 29.6 Å². The molecule has 1 aromatic carbocycles. The molecule has 23 nitrogen and oxygen atoms in total. The maximum atomic E-state index is 14.4. The molecule has 1 aromatic heterocycles. The molecule has 1 saturated heterocycles. The number of amides is 7. The number of nitrogens with two attached hydrogens (primary N) is 2. The van der Waals surface area contributed by atoms with Crippen LogP contribution in [-0.4, -0.2) is 141 Å². The van der Waals surface area contributed by atoms with Gasteiger partial charge in [-0.1, -0.05) is 52.8 Å². The number of aromatic amines is 1. The molecule has 1 fully saturated rings. The minimum Gasteiger partial charge on any atom is -0.508 e. The third-order valence-corrected chi connectivity index (χ3v) is 10.9. The average molecular weight is 924 g/mol. The van der Waals surface area contributed by atoms with Crippen molar-refractivity contribution >= 4 is 53.3 Å². The third kappa shape index (κ3) is 16.5. The number of carbonyl (C=O) groups excluding carboxylic acids is 7. The second-order valence-electron chi connectivity index (χ2n) is 16.4. The van der Waals surface area contributed by atoms with E-state index < -0.39 is 101 Å². The molecular formula is C43H65N13O10. The molecule has 23 heteroatoms. The molecule has 2 heterocycles. The van der Waals surface area contributed by atoms with Crippen molar-refractivity contribution in [1.29, 1.82) is 0 Å². The van der Waals surface area contributed by atoms with Crippen molar-refractivity contribution in [2.24, 2.45) is 28.3 Å². The Hall–Kier alpha value is -7.04. The van der Waals surface area contributed by atoms with E-state index in [2.05, 4.69) is 58.8 Å². The molecular weight excluding hydrogens is 859 g/mol. The summed E-state index contributed by atoms with van der Waals surface area (Å²) in [6, 6.07) is -1.32. The molecule has 66 heavy (non-hydrogen) atoms. The zero-order valence-electron chi connectivity index (χ0n) is 38.0. The molecule has 0 aliphatic carbocycles. The summed E-state index contributed by atoms with van der Waals surface area (Å²) >= 11 is 0. The van der Waals surface area contributed by atoms with Gasteiger partial charge in [-0.3, -0.25) is 38.6 Å². The van der Waals surface area contributed by atoms with Crippen LogP contribution in [0.5, 0.6) is 5.75 Å². The van der Waals surface area contributed by atoms with Crippen LogP contribution < -0.4 is 48.7 Å². The van der Waals surface area contributed by atoms with Crippen molar-refractivity contribution in [2.45, 2.75) is 109 Å². The number of carboxylic acids is 1. The van der Waals surface area contributed by atoms with Crippen LogP contribution in [0, 0.1) is 11.8 Å². The quantitative estimate of drug-likeness (QED) is 0.0210. The monoisotopic (exact) mass is 923 g/mol. The van der Waals surface area contributed by atoms with Gasteiger partial charge in [0.05, 0.1) is 12.9 Å². The molecule has 0 unspecified atom stereocenters. The lowest BCUT2D eigenvalue weighted by molar-refractivity contribution is -0.142. The molecule has 7 atom stereocenters. The SMILES string of the molecule is C=C(NC(=O)[C@@H]1CCCN1C(=O)[C@H](Cc1cnc[nH]1)NC(=O)[C@@H](NC(=O)[C@H](Cc1ccc(O)cc1)NC(=O)[C@@H](NC(=O)[C@H](CCCN=C(N)N)NC(=O)CNC)C(C)C)[C@@H](C)CC)C(=O)O. The van der Waals surface area contributed by atoms with Crippen LogP contribution in [0.4, 0.5) is 0 Å². The number of aliphatic carboxylic acids is 1. The number of likely N-dealkylation sites (tertiary alicyclic amines) is 1. The van der Waals surface area contributed by atoms with Crippen molar-refractivity contribution in [3.63, 3.8) is 0 Å². The van der Waals surface area contributed by atoms with Crippen molar-refractivity contribution in [3.05, 3.63) is 60.3 Å². The fourth-order valence-electron chi connectivity index (χ4n) is 7.13. The number of carboxylic acid groups (broad SMARTS) is 1. The number of carbonyl (C=O) groups is 8. The van der Waals surface area contributed by atoms with Gasteiger partial charge in [0.1, 0.15) is 47.7 Å². The summed E-state index contributed by atoms with van der Waals surface area (Å²) in [5.74, 6) is -7.48. The summed E-state index contributed by atoms with van der Waals surface area (Å²) in [7, 11) is 1.56. The maximum Gasteiger partial charge on any atom is 0.351 e. The Kier molecular flexibility index (Phi) is 21.0. The standard InChI is InChI=1S/C43H65N13O10/c1-7-24(4)35(40(63)53-31(19-27-20-47-22-49-27)41(64)56-17-9-11-32(56)38(61)50-25(5)42(65)66)55-37(60)30(18-26-12-14-28(57)15-13-26)52-39(62)34(23(2)3)54-36(59)29(51-33(58)21-46-6)10-8-16-48-43(44)45/h12-15,20,22-24,29-32,34-35,46,57H,5,7-11,16-19,21H2,1-4,6H3,(H,47,49)(H,50,61)(H,51,58)(H,52,62)(H,53,63)(H,54,59)(H,55,60)(H,65,66)(H4,44,45,48)/t24-,29-,30-,31-,32-,34-,35-/m0/s1. The number of nitrogens with zero attached hydrogens (tertiary/aromatic N) is 3. The van der Waals surface area contributed by atoms with Crippen molar-refractivity contribution < 1.29 is 48.6 Å². The second kappa shape index (κ2) is 26.1. The number of guanidine groups is 1. The number of hydrogen-bond acceptors (Lipinski definition) is 12. The fraction of sp³-hybridized carbons (Fsp3) is 0.535. The molecule has 14 N–H and O–H groups in total. The van der Waals surface area contributed by atoms with E-state index in [1.807, 2.05) is 0 Å². The first-order chi connectivity index (χ1) is 31.2. The van der Waals surface area contributed by atoms with Crippen LogP contribution in [0.3, 0.4) is 0 Å². The van der Waals surface area contributed by atoms with Gasteiger partial charge in [0.2, 0.25) is 41.4 Å². The summed E-state index contributed by atoms with van der Waals surface area (Å²) < 4.78 is 0. The molecule has 1 aliphatic heterocycles. The van der Waals surface area contributed by atoms with E-state index in [1.54, 1.807) is 46.9 Å². The van der Waals surface area contributed by atoms with Crippen molar-refractivity contribution in [3.8, 4) is 5.75 Å². The van der Waals surface area contributed by atoms with E-state index in [0.29, 0.717) is 30.5 Å². The van der Waals surface area contributed by atoms with Gasteiger partial charge < -0.3 is 68.8 Å². The second-order valence-corrected chi connectivity index (χ2v) is 16.4. The third-order valence-electron chi connectivity index (χ3n) is 10.9. The van der Waals surface area contributed by atoms with Crippen LogP contribution in [0.1, 0.15) is 71.1 Å². The Balaban J connectivity index is 1.91. The molecule has 7 amide bonds. The molecule has 0 saturated carbocycles. The molecule has 3 rings (SSSR count). The van der Waals surface area contributed by atoms with Crippen LogP contribution in [0.25, 0.3) is 0 Å². The maximum absolute atomic E-state index is 14.4. The number of likely N-dealkylation sites (N-methyl/N-ethyl adjacent to an activating group) is 1. The highest BCUT2D eigenvalue weighted by Gasteiger charge is 2.40. The van der Waals surface area contributed by atoms with E-state index in [0.717, 1.165) is 0 Å². The molecule has 0 radical (unpaired) electrons. The summed E-state index contributed by atoms with van der Waals surface area (Å²) in [4.78, 5) is 120. The molecule has 0 bridgehead atoms. The van der Waals surface area contributed by atoms with Crippen molar-refractivity contribution in [2.75, 3.05) is 26.7 Å². The lowest BCUT2D eigenvalue weighted by Gasteiger charge is -2.31. The van der Waals surface area contributed by atoms with E-state index in [4.69, 9.17) is 11.5 Å². The average Bonchev–Trinajstić information content (AvgIpc) is 3.98. The normalized spacial score (nSPS) is 16.0. The van der Waals surface area contributed by atoms with E-state index in [9.17, 15) is 48.6 Å². The lowest BCUT2D eigenvalue weighted by Crippen LogP contribution is -2.61. The van der Waals surface area contributed by atoms with Crippen LogP contribution >= 0.6 is 0 Å². The first kappa shape index (κ1) is 53.3. The number of aliphatic imine (C=N–C) groups is 1. The number of rotatable bonds is 26. The van der Waals surface area contributed by atoms with Crippen molar-refractivity contribution in [1.82, 2.24) is 52.1 Å². The molecule has 2 aromatic rings. The number of hydrogen-bond donors (Lipinski definition) is 12. The summed E-state index contributed by atoms with van der Waals surface area (Å²) in [5.41, 5.74) is 11.3. The number of imidazole rings is 1. The number of aromatic hydroxyl groups is 1. The predicted octanol–water partition coefficient (Wildman–Crippen LogP) is -1.99. The highest BCUT2D eigenvalue weighted by molar-refractivity contribution is 5.99. The fourth-order valence-corrected chi connectivity index (χ4v) is 7.13. The van der Waals surface area contributed by atoms with Gasteiger partial charge in [0.25, 0.3) is 0 Å². The van der Waals surface area contributed by atoms with E-state index in [-0.39, 0.29) is 57.0 Å². The summed E-state index contributed by atoms with van der Waals surface area (Å²) in [5, 5.41) is 37.8. The lowest BCUT2D eigenvalue weighted by atomic mass is 9.96. The van der Waals surface area contributed by atoms with Gasteiger partial charge in [0.15, 0.2) is 5.96 Å². The van der Waals surface area contributed by atoms with Gasteiger partial charge in [-0.25, -0.2) is 9.78 Å². The van der Waals surface area contributed by atoms with Gasteiger partial charge >= 0.3 is 5.97 Å². The summed E-state index contributed by atoms with van der Waals surface area (Å²) in [6.07, 6.45) is 4.12. The first-order valence-corrected chi connectivity index (χ1v) is 21.8. The number of nitrogens with one attached hydrogen (secondary N) is 8. The summed E-state index contributed by atoms with van der Waals surface area (Å²) in [6.45, 7) is 10.4. The Morgan fingerprint density at radius 3 is 2.12 bits per heavy atom. The first-order valence-electron chi connectivity index (χ1n) is 21.8. The zero-order chi connectivity index (χ0) is 49.1. The number of benzene rings is 1. The number of H-pyrrole nitrogens is 1. The zero-order valence-corrected chi connectivity index (χ0v) is 38.0. The number of phenols is 1. The largest absolute Gasteiger partial charge is 0.508 e. The van der Waals surface area contributed by atoms with Gasteiger partial charge in [-0.2, -0.15) is 0 Å². The Morgan fingerprint density at radius 1 is 0.894 bits per heavy atom. The predicted molar refractivity (Wildman–Crippen MR) is 242 cm³/mol. The minimum atomic E-state index is -1.44. The van der Waals surface area contributed by atoms with E-state index >= 15 is 0 Å². The van der Waals surface area contributed by atoms with Crippen LogP contribution in [-0.2, 0) is 51.2 Å². The Bertz CT molecular complexity index is 2040.